The van der Waals surface area contributed by atoms with Gasteiger partial charge in [-0.1, -0.05) is 13.8 Å². The fourth-order valence-corrected chi connectivity index (χ4v) is 1.81. The van der Waals surface area contributed by atoms with Gasteiger partial charge in [0.05, 0.1) is 0 Å². The molecule has 2 heterocycles. The maximum Gasteiger partial charge on any atom is 0.266 e. The van der Waals surface area contributed by atoms with E-state index in [0.717, 1.165) is 19.0 Å². The summed E-state index contributed by atoms with van der Waals surface area (Å²) in [5, 5.41) is 3.99. The zero-order valence-corrected chi connectivity index (χ0v) is 10.0. The van der Waals surface area contributed by atoms with Crippen LogP contribution in [-0.4, -0.2) is 29.3 Å². The van der Waals surface area contributed by atoms with E-state index in [9.17, 15) is 0 Å². The van der Waals surface area contributed by atoms with E-state index in [1.165, 1.54) is 12.8 Å². The van der Waals surface area contributed by atoms with Gasteiger partial charge in [-0.05, 0) is 23.9 Å². The van der Waals surface area contributed by atoms with Gasteiger partial charge in [0.25, 0.3) is 5.95 Å². The van der Waals surface area contributed by atoms with Crippen LogP contribution in [0.25, 0.3) is 0 Å². The Hall–Kier alpha value is -1.10. The predicted octanol–water partition coefficient (Wildman–Crippen LogP) is 1.20. The number of nitrogens with two attached hydrogens (primary N) is 1. The van der Waals surface area contributed by atoms with Gasteiger partial charge >= 0.3 is 0 Å². The molecule has 1 aliphatic rings. The van der Waals surface area contributed by atoms with Crippen molar-refractivity contribution in [2.75, 3.05) is 18.0 Å². The summed E-state index contributed by atoms with van der Waals surface area (Å²) in [5.41, 5.74) is 5.97. The van der Waals surface area contributed by atoms with Crippen LogP contribution in [0.3, 0.4) is 0 Å². The van der Waals surface area contributed by atoms with E-state index in [0.29, 0.717) is 18.2 Å². The highest BCUT2D eigenvalue weighted by Crippen LogP contribution is 2.17. The monoisotopic (exact) mass is 224 g/mol. The molecule has 16 heavy (non-hydrogen) atoms. The second-order valence-corrected chi connectivity index (χ2v) is 4.79. The molecular weight excluding hydrogens is 204 g/mol. The van der Waals surface area contributed by atoms with Gasteiger partial charge in [-0.15, -0.1) is 0 Å². The molecule has 1 unspecified atom stereocenters. The molecule has 1 aliphatic heterocycles. The van der Waals surface area contributed by atoms with E-state index in [4.69, 9.17) is 10.3 Å². The Morgan fingerprint density at radius 1 is 1.38 bits per heavy atom. The van der Waals surface area contributed by atoms with E-state index in [1.54, 1.807) is 0 Å². The molecule has 1 saturated heterocycles. The number of aromatic nitrogens is 2. The predicted molar refractivity (Wildman–Crippen MR) is 62.3 cm³/mol. The minimum atomic E-state index is 0.0897. The second kappa shape index (κ2) is 4.82. The van der Waals surface area contributed by atoms with Crippen LogP contribution in [0.2, 0.25) is 0 Å². The summed E-state index contributed by atoms with van der Waals surface area (Å²) in [6.45, 7) is 6.27. The third-order valence-electron chi connectivity index (χ3n) is 3.11. The van der Waals surface area contributed by atoms with E-state index >= 15 is 0 Å². The first-order valence-electron chi connectivity index (χ1n) is 6.00. The molecule has 1 fully saturated rings. The summed E-state index contributed by atoms with van der Waals surface area (Å²) in [6, 6.07) is 0.0897. The molecule has 2 N–H and O–H groups in total. The molecule has 0 saturated carbocycles. The Kier molecular flexibility index (Phi) is 3.43. The average molecular weight is 224 g/mol. The van der Waals surface area contributed by atoms with Gasteiger partial charge in [0.2, 0.25) is 5.89 Å². The highest BCUT2D eigenvalue weighted by Gasteiger charge is 2.19. The van der Waals surface area contributed by atoms with Crippen LogP contribution in [0.1, 0.15) is 32.6 Å². The average Bonchev–Trinajstić information content (AvgIpc) is 2.85. The summed E-state index contributed by atoms with van der Waals surface area (Å²) >= 11 is 0. The van der Waals surface area contributed by atoms with Crippen LogP contribution in [0.4, 0.5) is 5.95 Å². The van der Waals surface area contributed by atoms with Crippen molar-refractivity contribution >= 4 is 5.95 Å². The molecule has 0 radical (unpaired) electrons. The van der Waals surface area contributed by atoms with Gasteiger partial charge in [0.15, 0.2) is 0 Å². The first-order chi connectivity index (χ1) is 7.66. The van der Waals surface area contributed by atoms with Crippen LogP contribution < -0.4 is 10.6 Å². The topological polar surface area (TPSA) is 68.2 Å². The van der Waals surface area contributed by atoms with Crippen molar-refractivity contribution in [1.29, 1.82) is 0 Å². The Morgan fingerprint density at radius 3 is 2.69 bits per heavy atom. The SMILES string of the molecule is CC(C)C(N)Cc1nc(N2CCCC2)no1. The van der Waals surface area contributed by atoms with Gasteiger partial charge in [-0.3, -0.25) is 0 Å². The van der Waals surface area contributed by atoms with Crippen molar-refractivity contribution < 1.29 is 4.52 Å². The molecule has 5 nitrogen and oxygen atoms in total. The molecule has 1 aromatic rings. The minimum absolute atomic E-state index is 0.0897. The number of anilines is 1. The molecule has 0 aliphatic carbocycles. The van der Waals surface area contributed by atoms with E-state index in [2.05, 4.69) is 28.9 Å². The van der Waals surface area contributed by atoms with Gasteiger partial charge in [0, 0.05) is 25.6 Å². The standard InChI is InChI=1S/C11H20N4O/c1-8(2)9(12)7-10-13-11(14-16-10)15-5-3-4-6-15/h8-9H,3-7,12H2,1-2H3. The first kappa shape index (κ1) is 11.4. The molecule has 0 spiro atoms. The third-order valence-corrected chi connectivity index (χ3v) is 3.11. The maximum atomic E-state index is 5.97. The fraction of sp³-hybridized carbons (Fsp3) is 0.818. The van der Waals surface area contributed by atoms with Crippen molar-refractivity contribution in [2.45, 2.75) is 39.2 Å². The van der Waals surface area contributed by atoms with Crippen LogP contribution in [-0.2, 0) is 6.42 Å². The summed E-state index contributed by atoms with van der Waals surface area (Å²) in [4.78, 5) is 6.54. The molecule has 0 bridgehead atoms. The van der Waals surface area contributed by atoms with Crippen molar-refractivity contribution in [3.8, 4) is 0 Å². The summed E-state index contributed by atoms with van der Waals surface area (Å²) in [5.74, 6) is 1.81. The number of rotatable bonds is 4. The summed E-state index contributed by atoms with van der Waals surface area (Å²) in [7, 11) is 0. The highest BCUT2D eigenvalue weighted by atomic mass is 16.5. The zero-order chi connectivity index (χ0) is 11.5. The Bertz CT molecular complexity index is 330. The smallest absolute Gasteiger partial charge is 0.266 e. The van der Waals surface area contributed by atoms with Gasteiger partial charge in [0.1, 0.15) is 0 Å². The lowest BCUT2D eigenvalue weighted by Gasteiger charge is -2.12. The van der Waals surface area contributed by atoms with Gasteiger partial charge in [-0.2, -0.15) is 4.98 Å². The Labute approximate surface area is 96.0 Å². The molecule has 0 aromatic carbocycles. The molecule has 1 aromatic heterocycles. The van der Waals surface area contributed by atoms with E-state index in [-0.39, 0.29) is 6.04 Å². The maximum absolute atomic E-state index is 5.97. The quantitative estimate of drug-likeness (QED) is 0.832. The lowest BCUT2D eigenvalue weighted by atomic mass is 10.0. The number of nitrogens with zero attached hydrogens (tertiary/aromatic N) is 3. The Balaban J connectivity index is 1.96. The molecule has 5 heteroatoms. The van der Waals surface area contributed by atoms with E-state index < -0.39 is 0 Å². The highest BCUT2D eigenvalue weighted by molar-refractivity contribution is 5.28. The van der Waals surface area contributed by atoms with Gasteiger partial charge < -0.3 is 15.2 Å². The van der Waals surface area contributed by atoms with Gasteiger partial charge in [-0.25, -0.2) is 0 Å². The molecule has 2 rings (SSSR count). The van der Waals surface area contributed by atoms with Crippen molar-refractivity contribution in [1.82, 2.24) is 10.1 Å². The second-order valence-electron chi connectivity index (χ2n) is 4.79. The number of hydrogen-bond acceptors (Lipinski definition) is 5. The van der Waals surface area contributed by atoms with Crippen LogP contribution in [0, 0.1) is 5.92 Å². The minimum Gasteiger partial charge on any atom is -0.338 e. The van der Waals surface area contributed by atoms with Crippen molar-refractivity contribution in [3.05, 3.63) is 5.89 Å². The number of hydrogen-bond donors (Lipinski definition) is 1. The largest absolute Gasteiger partial charge is 0.338 e. The van der Waals surface area contributed by atoms with E-state index in [1.807, 2.05) is 0 Å². The normalized spacial score (nSPS) is 18.4. The molecule has 90 valence electrons. The fourth-order valence-electron chi connectivity index (χ4n) is 1.81. The molecule has 0 amide bonds. The molecule has 1 atom stereocenters. The first-order valence-corrected chi connectivity index (χ1v) is 6.00. The van der Waals surface area contributed by atoms with Crippen LogP contribution in [0.5, 0.6) is 0 Å². The zero-order valence-electron chi connectivity index (χ0n) is 10.0. The third kappa shape index (κ3) is 2.52. The van der Waals surface area contributed by atoms with Crippen molar-refractivity contribution in [3.63, 3.8) is 0 Å². The van der Waals surface area contributed by atoms with Crippen LogP contribution >= 0.6 is 0 Å². The van der Waals surface area contributed by atoms with Crippen LogP contribution in [0.15, 0.2) is 4.52 Å². The summed E-state index contributed by atoms with van der Waals surface area (Å²) < 4.78 is 5.22. The molecular formula is C11H20N4O. The Morgan fingerprint density at radius 2 is 2.06 bits per heavy atom. The lowest BCUT2D eigenvalue weighted by molar-refractivity contribution is 0.352. The lowest BCUT2D eigenvalue weighted by Crippen LogP contribution is -2.28. The summed E-state index contributed by atoms with van der Waals surface area (Å²) in [6.07, 6.45) is 3.10. The van der Waals surface area contributed by atoms with Crippen molar-refractivity contribution in [2.24, 2.45) is 11.7 Å².